The summed E-state index contributed by atoms with van der Waals surface area (Å²) in [5.41, 5.74) is 1.02. The summed E-state index contributed by atoms with van der Waals surface area (Å²) >= 11 is 0. The average Bonchev–Trinajstić information content (AvgIpc) is 2.40. The normalized spacial score (nSPS) is 17.0. The number of likely N-dealkylation sites (N-methyl/N-ethyl adjacent to an activating group) is 1. The van der Waals surface area contributed by atoms with Crippen LogP contribution in [0, 0.1) is 5.82 Å². The molecule has 0 amide bonds. The van der Waals surface area contributed by atoms with Crippen molar-refractivity contribution in [1.29, 1.82) is 0 Å². The van der Waals surface area contributed by atoms with Gasteiger partial charge >= 0.3 is 0 Å². The summed E-state index contributed by atoms with van der Waals surface area (Å²) in [5.74, 6) is -0.161. The number of rotatable bonds is 6. The Hall–Kier alpha value is -0.970. The van der Waals surface area contributed by atoms with E-state index in [9.17, 15) is 4.39 Å². The van der Waals surface area contributed by atoms with E-state index in [4.69, 9.17) is 4.74 Å². The number of nitrogens with one attached hydrogen (secondary N) is 1. The smallest absolute Gasteiger partial charge is 0.123 e. The molecule has 4 heteroatoms. The topological polar surface area (TPSA) is 24.5 Å². The first-order valence-corrected chi connectivity index (χ1v) is 6.98. The second-order valence-electron chi connectivity index (χ2n) is 5.21. The van der Waals surface area contributed by atoms with E-state index in [1.807, 2.05) is 6.07 Å². The van der Waals surface area contributed by atoms with Gasteiger partial charge in [0.25, 0.3) is 0 Å². The second-order valence-corrected chi connectivity index (χ2v) is 5.21. The van der Waals surface area contributed by atoms with E-state index in [1.165, 1.54) is 6.07 Å². The molecule has 0 spiro atoms. The molecule has 1 aliphatic heterocycles. The Kier molecular flexibility index (Phi) is 5.76. The fourth-order valence-corrected chi connectivity index (χ4v) is 2.39. The molecule has 1 heterocycles. The third-order valence-electron chi connectivity index (χ3n) is 3.49. The van der Waals surface area contributed by atoms with Gasteiger partial charge in [0.05, 0.1) is 0 Å². The van der Waals surface area contributed by atoms with Gasteiger partial charge in [0.15, 0.2) is 0 Å². The van der Waals surface area contributed by atoms with Gasteiger partial charge in [0.2, 0.25) is 0 Å². The van der Waals surface area contributed by atoms with Crippen LogP contribution >= 0.6 is 0 Å². The highest BCUT2D eigenvalue weighted by atomic mass is 19.1. The zero-order valence-corrected chi connectivity index (χ0v) is 11.6. The summed E-state index contributed by atoms with van der Waals surface area (Å²) in [5, 5.41) is 3.55. The van der Waals surface area contributed by atoms with Crippen molar-refractivity contribution in [2.75, 3.05) is 33.4 Å². The first-order valence-electron chi connectivity index (χ1n) is 6.98. The molecule has 1 aromatic rings. The van der Waals surface area contributed by atoms with Crippen molar-refractivity contribution < 1.29 is 9.13 Å². The SMILES string of the molecule is CN(CCNC1CCOCC1)Cc1cccc(F)c1. The van der Waals surface area contributed by atoms with Crippen LogP contribution in [-0.4, -0.2) is 44.3 Å². The lowest BCUT2D eigenvalue weighted by atomic mass is 10.1. The lowest BCUT2D eigenvalue weighted by Crippen LogP contribution is -2.39. The molecule has 0 aliphatic carbocycles. The predicted octanol–water partition coefficient (Wildman–Crippen LogP) is 2.03. The molecule has 0 atom stereocenters. The fourth-order valence-electron chi connectivity index (χ4n) is 2.39. The zero-order valence-electron chi connectivity index (χ0n) is 11.6. The number of nitrogens with zero attached hydrogens (tertiary/aromatic N) is 1. The molecular weight excluding hydrogens is 243 g/mol. The molecule has 0 bridgehead atoms. The van der Waals surface area contributed by atoms with Crippen molar-refractivity contribution >= 4 is 0 Å². The van der Waals surface area contributed by atoms with Crippen molar-refractivity contribution in [3.8, 4) is 0 Å². The minimum absolute atomic E-state index is 0.161. The van der Waals surface area contributed by atoms with Gasteiger partial charge in [-0.05, 0) is 37.6 Å². The van der Waals surface area contributed by atoms with E-state index in [1.54, 1.807) is 12.1 Å². The van der Waals surface area contributed by atoms with E-state index in [0.29, 0.717) is 6.04 Å². The lowest BCUT2D eigenvalue weighted by Gasteiger charge is -2.24. The maximum atomic E-state index is 13.1. The van der Waals surface area contributed by atoms with Crippen LogP contribution in [0.1, 0.15) is 18.4 Å². The largest absolute Gasteiger partial charge is 0.381 e. The molecule has 2 rings (SSSR count). The number of hydrogen-bond donors (Lipinski definition) is 1. The Bertz CT molecular complexity index is 380. The Morgan fingerprint density at radius 3 is 2.89 bits per heavy atom. The fraction of sp³-hybridized carbons (Fsp3) is 0.600. The molecule has 0 aromatic heterocycles. The summed E-state index contributed by atoms with van der Waals surface area (Å²) in [6.07, 6.45) is 2.21. The monoisotopic (exact) mass is 266 g/mol. The summed E-state index contributed by atoms with van der Waals surface area (Å²) in [7, 11) is 2.07. The van der Waals surface area contributed by atoms with Crippen molar-refractivity contribution in [2.45, 2.75) is 25.4 Å². The third kappa shape index (κ3) is 5.27. The molecular formula is C15H23FN2O. The van der Waals surface area contributed by atoms with Crippen molar-refractivity contribution in [3.05, 3.63) is 35.6 Å². The van der Waals surface area contributed by atoms with E-state index in [2.05, 4.69) is 17.3 Å². The molecule has 3 nitrogen and oxygen atoms in total. The predicted molar refractivity (Wildman–Crippen MR) is 74.6 cm³/mol. The van der Waals surface area contributed by atoms with Crippen LogP contribution in [0.4, 0.5) is 4.39 Å². The highest BCUT2D eigenvalue weighted by molar-refractivity contribution is 5.15. The van der Waals surface area contributed by atoms with Gasteiger partial charge in [-0.3, -0.25) is 0 Å². The highest BCUT2D eigenvalue weighted by Crippen LogP contribution is 2.07. The molecule has 106 valence electrons. The molecule has 1 aromatic carbocycles. The molecule has 1 saturated heterocycles. The molecule has 19 heavy (non-hydrogen) atoms. The third-order valence-corrected chi connectivity index (χ3v) is 3.49. The van der Waals surface area contributed by atoms with Gasteiger partial charge < -0.3 is 15.0 Å². The number of ether oxygens (including phenoxy) is 1. The van der Waals surface area contributed by atoms with Crippen LogP contribution < -0.4 is 5.32 Å². The molecule has 1 aliphatic rings. The Morgan fingerprint density at radius 1 is 1.37 bits per heavy atom. The van der Waals surface area contributed by atoms with E-state index >= 15 is 0 Å². The van der Waals surface area contributed by atoms with Crippen LogP contribution in [0.3, 0.4) is 0 Å². The van der Waals surface area contributed by atoms with Crippen LogP contribution in [0.5, 0.6) is 0 Å². The maximum Gasteiger partial charge on any atom is 0.123 e. The molecule has 0 radical (unpaired) electrons. The van der Waals surface area contributed by atoms with Gasteiger partial charge in [0.1, 0.15) is 5.82 Å². The summed E-state index contributed by atoms with van der Waals surface area (Å²) in [6, 6.07) is 7.40. The number of halogens is 1. The van der Waals surface area contributed by atoms with Gasteiger partial charge in [-0.25, -0.2) is 4.39 Å². The lowest BCUT2D eigenvalue weighted by molar-refractivity contribution is 0.0774. The maximum absolute atomic E-state index is 13.1. The summed E-state index contributed by atoms with van der Waals surface area (Å²) in [4.78, 5) is 2.21. The van der Waals surface area contributed by atoms with Crippen LogP contribution in [0.2, 0.25) is 0 Å². The standard InChI is InChI=1S/C15H23FN2O/c1-18(12-13-3-2-4-14(16)11-13)8-7-17-15-5-9-19-10-6-15/h2-4,11,15,17H,5-10,12H2,1H3. The van der Waals surface area contributed by atoms with Crippen LogP contribution in [0.25, 0.3) is 0 Å². The van der Waals surface area contributed by atoms with Crippen LogP contribution in [0.15, 0.2) is 24.3 Å². The van der Waals surface area contributed by atoms with Crippen molar-refractivity contribution in [3.63, 3.8) is 0 Å². The highest BCUT2D eigenvalue weighted by Gasteiger charge is 2.12. The second kappa shape index (κ2) is 7.58. The molecule has 1 fully saturated rings. The number of hydrogen-bond acceptors (Lipinski definition) is 3. The quantitative estimate of drug-likeness (QED) is 0.852. The first-order chi connectivity index (χ1) is 9.24. The van der Waals surface area contributed by atoms with Gasteiger partial charge in [0, 0.05) is 38.9 Å². The minimum Gasteiger partial charge on any atom is -0.381 e. The summed E-state index contributed by atoms with van der Waals surface area (Å²) in [6.45, 7) is 4.46. The Balaban J connectivity index is 1.65. The van der Waals surface area contributed by atoms with E-state index in [0.717, 1.165) is 51.3 Å². The van der Waals surface area contributed by atoms with Gasteiger partial charge in [-0.15, -0.1) is 0 Å². The van der Waals surface area contributed by atoms with Crippen LogP contribution in [-0.2, 0) is 11.3 Å². The molecule has 0 saturated carbocycles. The zero-order chi connectivity index (χ0) is 13.5. The summed E-state index contributed by atoms with van der Waals surface area (Å²) < 4.78 is 18.4. The van der Waals surface area contributed by atoms with E-state index < -0.39 is 0 Å². The Morgan fingerprint density at radius 2 is 2.16 bits per heavy atom. The average molecular weight is 266 g/mol. The molecule has 1 N–H and O–H groups in total. The van der Waals surface area contributed by atoms with Crippen molar-refractivity contribution in [1.82, 2.24) is 10.2 Å². The minimum atomic E-state index is -0.161. The van der Waals surface area contributed by atoms with Gasteiger partial charge in [-0.1, -0.05) is 12.1 Å². The molecule has 0 unspecified atom stereocenters. The van der Waals surface area contributed by atoms with Crippen molar-refractivity contribution in [2.24, 2.45) is 0 Å². The first kappa shape index (κ1) is 14.4. The van der Waals surface area contributed by atoms with Gasteiger partial charge in [-0.2, -0.15) is 0 Å². The Labute approximate surface area is 114 Å². The number of benzene rings is 1. The van der Waals surface area contributed by atoms with E-state index in [-0.39, 0.29) is 5.82 Å².